The van der Waals surface area contributed by atoms with Crippen molar-refractivity contribution in [3.05, 3.63) is 36.0 Å². The van der Waals surface area contributed by atoms with Crippen LogP contribution in [-0.2, 0) is 14.3 Å². The van der Waals surface area contributed by atoms with E-state index in [-0.39, 0.29) is 35.2 Å². The van der Waals surface area contributed by atoms with Crippen LogP contribution >= 0.6 is 0 Å². The molecule has 0 spiro atoms. The molecule has 1 saturated heterocycles. The summed E-state index contributed by atoms with van der Waals surface area (Å²) >= 11 is 0. The Morgan fingerprint density at radius 3 is 2.84 bits per heavy atom. The molecule has 0 amide bonds. The average Bonchev–Trinajstić information content (AvgIpc) is 2.39. The smallest absolute Gasteiger partial charge is 0.182 e. The van der Waals surface area contributed by atoms with Gasteiger partial charge in [0.1, 0.15) is 0 Å². The van der Waals surface area contributed by atoms with E-state index >= 15 is 0 Å². The summed E-state index contributed by atoms with van der Waals surface area (Å²) in [6.45, 7) is 2.38. The number of ketones is 2. The fourth-order valence-electron chi connectivity index (χ4n) is 3.32. The highest BCUT2D eigenvalue weighted by Crippen LogP contribution is 2.45. The van der Waals surface area contributed by atoms with Gasteiger partial charge in [0, 0.05) is 23.3 Å². The van der Waals surface area contributed by atoms with Crippen LogP contribution in [0.4, 0.5) is 0 Å². The summed E-state index contributed by atoms with van der Waals surface area (Å²) < 4.78 is 5.36. The van der Waals surface area contributed by atoms with Gasteiger partial charge in [-0.3, -0.25) is 9.59 Å². The number of carbonyl (C=O) groups is 2. The minimum absolute atomic E-state index is 0.0547. The molecule has 1 aliphatic heterocycles. The Balaban J connectivity index is 2.02. The molecule has 4 heteroatoms. The summed E-state index contributed by atoms with van der Waals surface area (Å²) in [4.78, 5) is 23.5. The first-order valence-electron chi connectivity index (χ1n) is 6.54. The molecule has 0 aromatic rings. The number of carbonyl (C=O) groups excluding carboxylic acids is 2. The van der Waals surface area contributed by atoms with Gasteiger partial charge >= 0.3 is 0 Å². The van der Waals surface area contributed by atoms with Crippen molar-refractivity contribution >= 4 is 11.6 Å². The summed E-state index contributed by atoms with van der Waals surface area (Å²) in [5.74, 6) is -0.421. The number of hydrogen-bond donors (Lipinski definition) is 1. The molecule has 0 aromatic heterocycles. The molecule has 1 N–H and O–H groups in total. The second kappa shape index (κ2) is 4.54. The van der Waals surface area contributed by atoms with Crippen molar-refractivity contribution in [3.63, 3.8) is 0 Å². The van der Waals surface area contributed by atoms with E-state index in [1.807, 2.05) is 13.0 Å². The van der Waals surface area contributed by atoms with E-state index in [9.17, 15) is 14.7 Å². The molecule has 2 bridgehead atoms. The number of allylic oxidation sites excluding steroid dienone is 5. The van der Waals surface area contributed by atoms with Crippen molar-refractivity contribution in [2.24, 2.45) is 23.7 Å². The fraction of sp³-hybridized carbons (Fsp3) is 0.467. The minimum atomic E-state index is -0.879. The van der Waals surface area contributed by atoms with Crippen LogP contribution in [0, 0.1) is 23.7 Å². The zero-order valence-electron chi connectivity index (χ0n) is 10.7. The van der Waals surface area contributed by atoms with Crippen LogP contribution in [0.15, 0.2) is 36.0 Å². The molecule has 2 unspecified atom stereocenters. The lowest BCUT2D eigenvalue weighted by Gasteiger charge is -2.45. The number of hydrogen-bond acceptors (Lipinski definition) is 4. The van der Waals surface area contributed by atoms with Crippen LogP contribution in [0.2, 0.25) is 0 Å². The van der Waals surface area contributed by atoms with E-state index in [0.29, 0.717) is 12.2 Å². The van der Waals surface area contributed by atoms with Gasteiger partial charge < -0.3 is 9.84 Å². The molecule has 4 nitrogen and oxygen atoms in total. The van der Waals surface area contributed by atoms with E-state index in [1.54, 1.807) is 0 Å². The molecular formula is C15H16O4. The first kappa shape index (κ1) is 12.5. The number of ether oxygens (including phenoxy) is 1. The van der Waals surface area contributed by atoms with Crippen molar-refractivity contribution in [2.45, 2.75) is 13.2 Å². The van der Waals surface area contributed by atoms with E-state index in [1.165, 1.54) is 18.2 Å². The Labute approximate surface area is 111 Å². The van der Waals surface area contributed by atoms with Crippen LogP contribution in [0.5, 0.6) is 0 Å². The standard InChI is InChI=1S/C15H16O4/c1-8-2-3-9-7-19-15(18)13(8)14(9)11-6-10(16)4-5-12(11)17/h2-6,8-9,13-15,18H,7H2,1H3/t8-,9-,13-,14?,15?/m0/s1. The highest BCUT2D eigenvalue weighted by molar-refractivity contribution is 6.17. The molecule has 0 radical (unpaired) electrons. The first-order chi connectivity index (χ1) is 9.08. The van der Waals surface area contributed by atoms with Gasteiger partial charge in [0.2, 0.25) is 0 Å². The summed E-state index contributed by atoms with van der Waals surface area (Å²) in [5, 5.41) is 10.0. The topological polar surface area (TPSA) is 63.6 Å². The molecule has 3 aliphatic rings. The van der Waals surface area contributed by atoms with Gasteiger partial charge in [0.05, 0.1) is 6.61 Å². The summed E-state index contributed by atoms with van der Waals surface area (Å²) in [5.41, 5.74) is 0.515. The third kappa shape index (κ3) is 2.01. The van der Waals surface area contributed by atoms with Crippen LogP contribution in [0.3, 0.4) is 0 Å². The van der Waals surface area contributed by atoms with Crippen LogP contribution in [0.1, 0.15) is 6.92 Å². The maximum Gasteiger partial charge on any atom is 0.182 e. The van der Waals surface area contributed by atoms with E-state index in [4.69, 9.17) is 4.74 Å². The summed E-state index contributed by atoms with van der Waals surface area (Å²) in [7, 11) is 0. The second-order valence-electron chi connectivity index (χ2n) is 5.43. The van der Waals surface area contributed by atoms with Gasteiger partial charge in [-0.05, 0) is 24.1 Å². The molecule has 100 valence electrons. The van der Waals surface area contributed by atoms with E-state index < -0.39 is 6.29 Å². The van der Waals surface area contributed by atoms with Crippen molar-refractivity contribution in [1.82, 2.24) is 0 Å². The van der Waals surface area contributed by atoms with Gasteiger partial charge in [-0.25, -0.2) is 0 Å². The van der Waals surface area contributed by atoms with Crippen molar-refractivity contribution in [3.8, 4) is 0 Å². The van der Waals surface area contributed by atoms with Crippen LogP contribution in [0.25, 0.3) is 0 Å². The third-order valence-electron chi connectivity index (χ3n) is 4.27. The predicted octanol–water partition coefficient (Wildman–Crippen LogP) is 1.02. The second-order valence-corrected chi connectivity index (χ2v) is 5.43. The van der Waals surface area contributed by atoms with Gasteiger partial charge in [-0.15, -0.1) is 0 Å². The predicted molar refractivity (Wildman–Crippen MR) is 68.0 cm³/mol. The number of fused-ring (bicyclic) bond motifs is 2. The SMILES string of the molecule is C[C@H]1C=C[C@H]2COC(O)[C@@H]1C2C1=CC(=O)C=CC1=O. The molecule has 2 aliphatic carbocycles. The lowest BCUT2D eigenvalue weighted by atomic mass is 9.65. The minimum Gasteiger partial charge on any atom is -0.368 e. The monoisotopic (exact) mass is 260 g/mol. The first-order valence-corrected chi connectivity index (χ1v) is 6.54. The zero-order chi connectivity index (χ0) is 13.6. The van der Waals surface area contributed by atoms with Gasteiger partial charge in [-0.2, -0.15) is 0 Å². The number of rotatable bonds is 1. The van der Waals surface area contributed by atoms with Gasteiger partial charge in [0.15, 0.2) is 17.9 Å². The quantitative estimate of drug-likeness (QED) is 0.565. The van der Waals surface area contributed by atoms with Crippen molar-refractivity contribution in [2.75, 3.05) is 6.61 Å². The van der Waals surface area contributed by atoms with Gasteiger partial charge in [0.25, 0.3) is 0 Å². The molecule has 0 saturated carbocycles. The lowest BCUT2D eigenvalue weighted by Crippen LogP contribution is -2.48. The highest BCUT2D eigenvalue weighted by atomic mass is 16.6. The zero-order valence-corrected chi connectivity index (χ0v) is 10.7. The van der Waals surface area contributed by atoms with E-state index in [2.05, 4.69) is 6.08 Å². The Kier molecular flexibility index (Phi) is 2.99. The lowest BCUT2D eigenvalue weighted by molar-refractivity contribution is -0.196. The molecule has 1 fully saturated rings. The van der Waals surface area contributed by atoms with Crippen molar-refractivity contribution in [1.29, 1.82) is 0 Å². The molecular weight excluding hydrogens is 244 g/mol. The Bertz CT molecular complexity index is 514. The molecule has 0 aromatic carbocycles. The number of aliphatic hydroxyl groups is 1. The summed E-state index contributed by atoms with van der Waals surface area (Å²) in [6.07, 6.45) is 7.24. The van der Waals surface area contributed by atoms with Gasteiger partial charge in [-0.1, -0.05) is 19.1 Å². The molecule has 19 heavy (non-hydrogen) atoms. The maximum atomic E-state index is 12.0. The number of aliphatic hydroxyl groups excluding tert-OH is 1. The largest absolute Gasteiger partial charge is 0.368 e. The molecule has 3 rings (SSSR count). The Hall–Kier alpha value is -1.52. The summed E-state index contributed by atoms with van der Waals surface area (Å²) in [6, 6.07) is 0. The Morgan fingerprint density at radius 1 is 1.26 bits per heavy atom. The maximum absolute atomic E-state index is 12.0. The van der Waals surface area contributed by atoms with Crippen LogP contribution in [-0.4, -0.2) is 29.6 Å². The normalized spacial score (nSPS) is 41.4. The van der Waals surface area contributed by atoms with Crippen molar-refractivity contribution < 1.29 is 19.4 Å². The molecule has 5 atom stereocenters. The molecule has 1 heterocycles. The average molecular weight is 260 g/mol. The third-order valence-corrected chi connectivity index (χ3v) is 4.27. The fourth-order valence-corrected chi connectivity index (χ4v) is 3.32. The van der Waals surface area contributed by atoms with Crippen LogP contribution < -0.4 is 0 Å². The Morgan fingerprint density at radius 2 is 2.05 bits per heavy atom. The highest BCUT2D eigenvalue weighted by Gasteiger charge is 2.46. The van der Waals surface area contributed by atoms with E-state index in [0.717, 1.165) is 0 Å².